The number of aryl methyl sites for hydroxylation is 1. The van der Waals surface area contributed by atoms with Crippen LogP contribution in [0.15, 0.2) is 47.4 Å². The number of carbonyl (C=O) groups excluding carboxylic acids is 1. The van der Waals surface area contributed by atoms with Gasteiger partial charge < -0.3 is 14.8 Å². The number of hydrogen-bond donors (Lipinski definition) is 1. The monoisotopic (exact) mass is 430 g/mol. The summed E-state index contributed by atoms with van der Waals surface area (Å²) in [7, 11) is -3.60. The van der Waals surface area contributed by atoms with Gasteiger partial charge in [0.05, 0.1) is 4.90 Å². The lowest BCUT2D eigenvalue weighted by atomic mass is 10.1. The van der Waals surface area contributed by atoms with E-state index in [1.165, 1.54) is 10.4 Å². The van der Waals surface area contributed by atoms with Crippen LogP contribution in [0.2, 0.25) is 0 Å². The third-order valence-corrected chi connectivity index (χ3v) is 7.53. The van der Waals surface area contributed by atoms with Gasteiger partial charge in [0.25, 0.3) is 5.91 Å². The molecule has 160 valence electrons. The van der Waals surface area contributed by atoms with Crippen molar-refractivity contribution in [1.29, 1.82) is 0 Å². The smallest absolute Gasteiger partial charge is 0.269 e. The zero-order valence-corrected chi connectivity index (χ0v) is 17.9. The fourth-order valence-corrected chi connectivity index (χ4v) is 5.59. The molecule has 2 aliphatic heterocycles. The highest BCUT2D eigenvalue weighted by Crippen LogP contribution is 2.34. The number of sulfonamides is 1. The molecule has 2 aromatic rings. The minimum absolute atomic E-state index is 0.224. The van der Waals surface area contributed by atoms with Crippen LogP contribution in [0.5, 0.6) is 11.5 Å². The van der Waals surface area contributed by atoms with Crippen molar-refractivity contribution in [3.8, 4) is 11.5 Å². The lowest BCUT2D eigenvalue weighted by molar-refractivity contribution is -0.128. The predicted octanol–water partition coefficient (Wildman–Crippen LogP) is 3.34. The molecule has 4 rings (SSSR count). The van der Waals surface area contributed by atoms with Crippen molar-refractivity contribution in [3.05, 3.63) is 48.0 Å². The maximum Gasteiger partial charge on any atom is 0.269 e. The Morgan fingerprint density at radius 3 is 2.40 bits per heavy atom. The van der Waals surface area contributed by atoms with E-state index < -0.39 is 22.2 Å². The summed E-state index contributed by atoms with van der Waals surface area (Å²) in [5.41, 5.74) is 1.06. The van der Waals surface area contributed by atoms with E-state index in [2.05, 4.69) is 5.32 Å². The van der Waals surface area contributed by atoms with Crippen LogP contribution in [0.4, 0.5) is 5.69 Å². The Bertz CT molecular complexity index is 1050. The third kappa shape index (κ3) is 4.02. The van der Waals surface area contributed by atoms with Crippen molar-refractivity contribution in [2.75, 3.05) is 18.4 Å². The Morgan fingerprint density at radius 2 is 1.70 bits per heavy atom. The molecule has 1 amide bonds. The van der Waals surface area contributed by atoms with Crippen molar-refractivity contribution in [2.24, 2.45) is 0 Å². The Hall–Kier alpha value is -2.58. The van der Waals surface area contributed by atoms with Crippen LogP contribution in [-0.4, -0.2) is 43.9 Å². The van der Waals surface area contributed by atoms with E-state index in [9.17, 15) is 13.2 Å². The molecule has 7 nitrogen and oxygen atoms in total. The van der Waals surface area contributed by atoms with E-state index in [0.717, 1.165) is 19.3 Å². The first-order valence-electron chi connectivity index (χ1n) is 10.2. The molecular weight excluding hydrogens is 404 g/mol. The summed E-state index contributed by atoms with van der Waals surface area (Å²) in [5.74, 6) is 0.717. The summed E-state index contributed by atoms with van der Waals surface area (Å²) < 4.78 is 39.4. The van der Waals surface area contributed by atoms with Crippen molar-refractivity contribution >= 4 is 21.6 Å². The second-order valence-electron chi connectivity index (χ2n) is 7.74. The minimum atomic E-state index is -3.60. The van der Waals surface area contributed by atoms with Gasteiger partial charge in [-0.3, -0.25) is 4.79 Å². The topological polar surface area (TPSA) is 84.9 Å². The van der Waals surface area contributed by atoms with E-state index >= 15 is 0 Å². The number of ether oxygens (including phenoxy) is 2. The first-order valence-corrected chi connectivity index (χ1v) is 11.6. The van der Waals surface area contributed by atoms with Crippen molar-refractivity contribution in [3.63, 3.8) is 0 Å². The molecule has 1 N–H and O–H groups in total. The van der Waals surface area contributed by atoms with Crippen LogP contribution < -0.4 is 14.8 Å². The van der Waals surface area contributed by atoms with Gasteiger partial charge in [0.1, 0.15) is 6.10 Å². The Kier molecular flexibility index (Phi) is 5.71. The highest BCUT2D eigenvalue weighted by atomic mass is 32.2. The first kappa shape index (κ1) is 20.7. The molecule has 2 aromatic carbocycles. The molecule has 1 fully saturated rings. The Labute approximate surface area is 177 Å². The first-order chi connectivity index (χ1) is 14.4. The molecule has 8 heteroatoms. The molecule has 0 aliphatic carbocycles. The standard InChI is InChI=1S/C22H26N2O5S/c1-15-10-11-17(14-20(15)30(26,27)24-12-6-3-7-13-24)23-22(25)21-16(2)28-18-8-4-5-9-19(18)29-21/h4-5,8-11,14,16,21H,3,6-7,12-13H2,1-2H3,(H,23,25)/t16-,21-/m1/s1. The molecule has 2 aliphatic rings. The lowest BCUT2D eigenvalue weighted by Gasteiger charge is -2.31. The van der Waals surface area contributed by atoms with Crippen LogP contribution in [0.25, 0.3) is 0 Å². The van der Waals surface area contributed by atoms with Crippen molar-refractivity contribution in [2.45, 2.75) is 50.2 Å². The van der Waals surface area contributed by atoms with Gasteiger partial charge in [-0.05, 0) is 56.5 Å². The summed E-state index contributed by atoms with van der Waals surface area (Å²) in [4.78, 5) is 13.1. The van der Waals surface area contributed by atoms with Crippen LogP contribution >= 0.6 is 0 Å². The SMILES string of the molecule is Cc1ccc(NC(=O)[C@@H]2Oc3ccccc3O[C@@H]2C)cc1S(=O)(=O)N1CCCCC1. The summed E-state index contributed by atoms with van der Waals surface area (Å²) in [6.07, 6.45) is 1.46. The molecule has 0 radical (unpaired) electrons. The fraction of sp³-hybridized carbons (Fsp3) is 0.409. The van der Waals surface area contributed by atoms with Gasteiger partial charge in [-0.15, -0.1) is 0 Å². The predicted molar refractivity (Wildman–Crippen MR) is 113 cm³/mol. The van der Waals surface area contributed by atoms with Crippen molar-refractivity contribution in [1.82, 2.24) is 4.31 Å². The van der Waals surface area contributed by atoms with E-state index in [1.807, 2.05) is 12.1 Å². The zero-order valence-electron chi connectivity index (χ0n) is 17.1. The normalized spacial score (nSPS) is 21.8. The Balaban J connectivity index is 1.54. The van der Waals surface area contributed by atoms with Gasteiger partial charge in [-0.2, -0.15) is 4.31 Å². The number of piperidine rings is 1. The summed E-state index contributed by atoms with van der Waals surface area (Å²) in [6.45, 7) is 4.59. The average molecular weight is 431 g/mol. The molecular formula is C22H26N2O5S. The summed E-state index contributed by atoms with van der Waals surface area (Å²) >= 11 is 0. The van der Waals surface area contributed by atoms with Crippen LogP contribution in [0.1, 0.15) is 31.7 Å². The fourth-order valence-electron chi connectivity index (χ4n) is 3.82. The number of para-hydroxylation sites is 2. The second kappa shape index (κ2) is 8.28. The Morgan fingerprint density at radius 1 is 1.03 bits per heavy atom. The maximum absolute atomic E-state index is 13.1. The molecule has 0 aromatic heterocycles. The molecule has 2 heterocycles. The van der Waals surface area contributed by atoms with Crippen LogP contribution in [-0.2, 0) is 14.8 Å². The largest absolute Gasteiger partial charge is 0.482 e. The quantitative estimate of drug-likeness (QED) is 0.804. The number of benzene rings is 2. The molecule has 2 atom stereocenters. The van der Waals surface area contributed by atoms with E-state index in [1.54, 1.807) is 38.1 Å². The summed E-state index contributed by atoms with van der Waals surface area (Å²) in [5, 5.41) is 2.79. The number of hydrogen-bond acceptors (Lipinski definition) is 5. The van der Waals surface area contributed by atoms with Gasteiger partial charge in [-0.25, -0.2) is 8.42 Å². The van der Waals surface area contributed by atoms with Crippen molar-refractivity contribution < 1.29 is 22.7 Å². The van der Waals surface area contributed by atoms with E-state index in [-0.39, 0.29) is 10.8 Å². The third-order valence-electron chi connectivity index (χ3n) is 5.49. The number of nitrogens with one attached hydrogen (secondary N) is 1. The van der Waals surface area contributed by atoms with Crippen LogP contribution in [0, 0.1) is 6.92 Å². The van der Waals surface area contributed by atoms with Gasteiger partial charge in [-0.1, -0.05) is 24.6 Å². The van der Waals surface area contributed by atoms with Gasteiger partial charge in [0.2, 0.25) is 16.1 Å². The second-order valence-corrected chi connectivity index (χ2v) is 9.65. The van der Waals surface area contributed by atoms with E-state index in [0.29, 0.717) is 35.8 Å². The number of nitrogens with zero attached hydrogens (tertiary/aromatic N) is 1. The number of carbonyl (C=O) groups is 1. The van der Waals surface area contributed by atoms with Gasteiger partial charge in [0, 0.05) is 18.8 Å². The number of amides is 1. The molecule has 0 spiro atoms. The number of anilines is 1. The number of rotatable bonds is 4. The zero-order chi connectivity index (χ0) is 21.3. The van der Waals surface area contributed by atoms with Gasteiger partial charge in [0.15, 0.2) is 11.5 Å². The maximum atomic E-state index is 13.1. The highest BCUT2D eigenvalue weighted by Gasteiger charge is 2.34. The molecule has 0 unspecified atom stereocenters. The van der Waals surface area contributed by atoms with Gasteiger partial charge >= 0.3 is 0 Å². The highest BCUT2D eigenvalue weighted by molar-refractivity contribution is 7.89. The lowest BCUT2D eigenvalue weighted by Crippen LogP contribution is -2.46. The van der Waals surface area contributed by atoms with E-state index in [4.69, 9.17) is 9.47 Å². The summed E-state index contributed by atoms with van der Waals surface area (Å²) in [6, 6.07) is 12.1. The molecule has 1 saturated heterocycles. The number of fused-ring (bicyclic) bond motifs is 1. The molecule has 30 heavy (non-hydrogen) atoms. The molecule has 0 saturated carbocycles. The van der Waals surface area contributed by atoms with Crippen LogP contribution in [0.3, 0.4) is 0 Å². The minimum Gasteiger partial charge on any atom is -0.482 e. The average Bonchev–Trinajstić information content (AvgIpc) is 2.75. The molecule has 0 bridgehead atoms.